The van der Waals surface area contributed by atoms with Crippen molar-refractivity contribution in [3.63, 3.8) is 0 Å². The third kappa shape index (κ3) is 4.00. The van der Waals surface area contributed by atoms with E-state index >= 15 is 0 Å². The van der Waals surface area contributed by atoms with Crippen molar-refractivity contribution in [3.05, 3.63) is 34.2 Å². The largest absolute Gasteiger partial charge is 0.450 e. The minimum atomic E-state index is -0.199. The van der Waals surface area contributed by atoms with Crippen molar-refractivity contribution in [2.75, 3.05) is 32.8 Å². The maximum absolute atomic E-state index is 12.8. The molecule has 30 heavy (non-hydrogen) atoms. The zero-order valence-electron chi connectivity index (χ0n) is 18.6. The average molecular weight is 415 g/mol. The molecule has 0 bridgehead atoms. The number of piperidine rings is 1. The van der Waals surface area contributed by atoms with Crippen molar-refractivity contribution < 1.29 is 9.53 Å². The van der Waals surface area contributed by atoms with E-state index in [2.05, 4.69) is 48.9 Å². The number of nitrogens with one attached hydrogen (secondary N) is 1. The van der Waals surface area contributed by atoms with Crippen LogP contribution >= 0.6 is 0 Å². The third-order valence-corrected chi connectivity index (χ3v) is 6.65. The first kappa shape index (κ1) is 21.0. The molecule has 1 N–H and O–H groups in total. The monoisotopic (exact) mass is 414 g/mol. The number of hydrogen-bond donors (Lipinski definition) is 1. The minimum absolute atomic E-state index is 0.0103. The van der Waals surface area contributed by atoms with Gasteiger partial charge in [-0.15, -0.1) is 0 Å². The summed E-state index contributed by atoms with van der Waals surface area (Å²) in [5.74, 6) is 0. The van der Waals surface area contributed by atoms with Gasteiger partial charge in [-0.05, 0) is 49.3 Å². The number of imidazole rings is 1. The van der Waals surface area contributed by atoms with E-state index in [9.17, 15) is 9.59 Å². The number of carbonyl (C=O) groups is 1. The standard InChI is InChI=1S/C23H34N4O3/c1-5-30-22(29)26-13-10-18(15-26)25-11-8-17(9-12-25)27-20-7-6-16(23(2,3)4)14-19(20)24-21(27)28/h6-7,14,17-18H,5,8-13,15H2,1-4H3,(H,24,28). The molecule has 1 aromatic carbocycles. The van der Waals surface area contributed by atoms with E-state index in [1.165, 1.54) is 5.56 Å². The number of nitrogens with zero attached hydrogens (tertiary/aromatic N) is 3. The van der Waals surface area contributed by atoms with Gasteiger partial charge in [0.2, 0.25) is 0 Å². The van der Waals surface area contributed by atoms with Crippen LogP contribution in [-0.4, -0.2) is 64.3 Å². The molecule has 2 fully saturated rings. The lowest BCUT2D eigenvalue weighted by Gasteiger charge is -2.36. The molecule has 1 atom stereocenters. The van der Waals surface area contributed by atoms with Gasteiger partial charge in [-0.25, -0.2) is 9.59 Å². The second kappa shape index (κ2) is 8.10. The van der Waals surface area contributed by atoms with Gasteiger partial charge in [0.05, 0.1) is 17.6 Å². The Bertz CT molecular complexity index is 963. The molecule has 0 radical (unpaired) electrons. The number of amides is 1. The van der Waals surface area contributed by atoms with E-state index in [4.69, 9.17) is 4.74 Å². The van der Waals surface area contributed by atoms with Crippen LogP contribution in [0.15, 0.2) is 23.0 Å². The Morgan fingerprint density at radius 3 is 2.50 bits per heavy atom. The summed E-state index contributed by atoms with van der Waals surface area (Å²) in [4.78, 5) is 32.1. The van der Waals surface area contributed by atoms with Crippen LogP contribution < -0.4 is 5.69 Å². The molecule has 0 spiro atoms. The Kier molecular flexibility index (Phi) is 5.66. The second-order valence-electron chi connectivity index (χ2n) is 9.64. The first-order chi connectivity index (χ1) is 14.3. The summed E-state index contributed by atoms with van der Waals surface area (Å²) in [6.07, 6.45) is 2.69. The summed E-state index contributed by atoms with van der Waals surface area (Å²) in [5.41, 5.74) is 3.20. The number of likely N-dealkylation sites (tertiary alicyclic amines) is 2. The maximum Gasteiger partial charge on any atom is 0.409 e. The zero-order chi connectivity index (χ0) is 21.5. The van der Waals surface area contributed by atoms with Gasteiger partial charge in [-0.3, -0.25) is 9.47 Å². The Morgan fingerprint density at radius 2 is 1.83 bits per heavy atom. The van der Waals surface area contributed by atoms with Gasteiger partial charge in [0.25, 0.3) is 0 Å². The lowest BCUT2D eigenvalue weighted by atomic mass is 9.87. The van der Waals surface area contributed by atoms with Crippen LogP contribution in [0.3, 0.4) is 0 Å². The Balaban J connectivity index is 1.43. The molecule has 164 valence electrons. The van der Waals surface area contributed by atoms with Crippen LogP contribution in [0.25, 0.3) is 11.0 Å². The molecular formula is C23H34N4O3. The van der Waals surface area contributed by atoms with Crippen molar-refractivity contribution in [2.45, 2.75) is 64.5 Å². The van der Waals surface area contributed by atoms with E-state index in [0.29, 0.717) is 12.6 Å². The van der Waals surface area contributed by atoms with Crippen LogP contribution in [0.5, 0.6) is 0 Å². The molecule has 7 nitrogen and oxygen atoms in total. The molecule has 0 saturated carbocycles. The minimum Gasteiger partial charge on any atom is -0.450 e. The second-order valence-corrected chi connectivity index (χ2v) is 9.64. The Morgan fingerprint density at radius 1 is 1.13 bits per heavy atom. The van der Waals surface area contributed by atoms with Crippen molar-refractivity contribution in [1.29, 1.82) is 0 Å². The smallest absolute Gasteiger partial charge is 0.409 e. The van der Waals surface area contributed by atoms with E-state index in [1.807, 2.05) is 16.4 Å². The number of fused-ring (bicyclic) bond motifs is 1. The summed E-state index contributed by atoms with van der Waals surface area (Å²) in [5, 5.41) is 0. The number of benzene rings is 1. The predicted molar refractivity (Wildman–Crippen MR) is 118 cm³/mol. The van der Waals surface area contributed by atoms with E-state index in [-0.39, 0.29) is 23.2 Å². The Hall–Kier alpha value is -2.28. The van der Waals surface area contributed by atoms with Gasteiger partial charge in [0, 0.05) is 38.3 Å². The van der Waals surface area contributed by atoms with Gasteiger partial charge in [-0.2, -0.15) is 0 Å². The lowest BCUT2D eigenvalue weighted by molar-refractivity contribution is 0.105. The number of ether oxygens (including phenoxy) is 1. The summed E-state index contributed by atoms with van der Waals surface area (Å²) in [6.45, 7) is 12.2. The van der Waals surface area contributed by atoms with Gasteiger partial charge < -0.3 is 14.6 Å². The van der Waals surface area contributed by atoms with Crippen molar-refractivity contribution >= 4 is 17.1 Å². The number of H-pyrrole nitrogens is 1. The summed E-state index contributed by atoms with van der Waals surface area (Å²) < 4.78 is 7.09. The number of rotatable bonds is 3. The van der Waals surface area contributed by atoms with Gasteiger partial charge in [-0.1, -0.05) is 26.8 Å². The lowest BCUT2D eigenvalue weighted by Crippen LogP contribution is -2.44. The normalized spacial score (nSPS) is 21.5. The fourth-order valence-electron chi connectivity index (χ4n) is 4.89. The SMILES string of the molecule is CCOC(=O)N1CCC(N2CCC(n3c(=O)[nH]c4cc(C(C)(C)C)ccc43)CC2)C1. The number of aromatic nitrogens is 2. The van der Waals surface area contributed by atoms with Crippen molar-refractivity contribution in [2.24, 2.45) is 0 Å². The first-order valence-corrected chi connectivity index (χ1v) is 11.2. The topological polar surface area (TPSA) is 70.6 Å². The third-order valence-electron chi connectivity index (χ3n) is 6.65. The van der Waals surface area contributed by atoms with E-state index < -0.39 is 0 Å². The molecule has 2 saturated heterocycles. The van der Waals surface area contributed by atoms with Gasteiger partial charge in [0.15, 0.2) is 0 Å². The summed E-state index contributed by atoms with van der Waals surface area (Å²) in [6, 6.07) is 6.96. The number of hydrogen-bond acceptors (Lipinski definition) is 4. The molecule has 3 heterocycles. The van der Waals surface area contributed by atoms with Crippen LogP contribution in [0.1, 0.15) is 58.6 Å². The molecular weight excluding hydrogens is 380 g/mol. The van der Waals surface area contributed by atoms with E-state index in [0.717, 1.165) is 56.5 Å². The van der Waals surface area contributed by atoms with Crippen molar-refractivity contribution in [1.82, 2.24) is 19.4 Å². The Labute approximate surface area is 178 Å². The molecule has 1 amide bonds. The predicted octanol–water partition coefficient (Wildman–Crippen LogP) is 3.49. The maximum atomic E-state index is 12.8. The quantitative estimate of drug-likeness (QED) is 0.835. The van der Waals surface area contributed by atoms with Crippen molar-refractivity contribution in [3.8, 4) is 0 Å². The van der Waals surface area contributed by atoms with Crippen LogP contribution in [0, 0.1) is 0 Å². The molecule has 2 aromatic rings. The molecule has 2 aliphatic heterocycles. The number of aromatic amines is 1. The molecule has 1 unspecified atom stereocenters. The zero-order valence-corrected chi connectivity index (χ0v) is 18.6. The summed E-state index contributed by atoms with van der Waals surface area (Å²) >= 11 is 0. The highest BCUT2D eigenvalue weighted by Crippen LogP contribution is 2.30. The highest BCUT2D eigenvalue weighted by atomic mass is 16.6. The van der Waals surface area contributed by atoms with Crippen LogP contribution in [0.4, 0.5) is 4.79 Å². The van der Waals surface area contributed by atoms with Crippen LogP contribution in [0.2, 0.25) is 0 Å². The average Bonchev–Trinajstić information content (AvgIpc) is 3.31. The van der Waals surface area contributed by atoms with Gasteiger partial charge >= 0.3 is 11.8 Å². The van der Waals surface area contributed by atoms with Crippen LogP contribution in [-0.2, 0) is 10.2 Å². The molecule has 4 rings (SSSR count). The first-order valence-electron chi connectivity index (χ1n) is 11.2. The molecule has 1 aromatic heterocycles. The highest BCUT2D eigenvalue weighted by Gasteiger charge is 2.34. The number of carbonyl (C=O) groups excluding carboxylic acids is 1. The molecule has 0 aliphatic carbocycles. The fraction of sp³-hybridized carbons (Fsp3) is 0.652. The highest BCUT2D eigenvalue weighted by molar-refractivity contribution is 5.76. The van der Waals surface area contributed by atoms with Gasteiger partial charge in [0.1, 0.15) is 0 Å². The summed E-state index contributed by atoms with van der Waals surface area (Å²) in [7, 11) is 0. The molecule has 7 heteroatoms. The van der Waals surface area contributed by atoms with E-state index in [1.54, 1.807) is 0 Å². The molecule has 2 aliphatic rings. The fourth-order valence-corrected chi connectivity index (χ4v) is 4.89.